The van der Waals surface area contributed by atoms with Gasteiger partial charge in [0.1, 0.15) is 11.6 Å². The Balaban J connectivity index is 3.30. The molecule has 0 saturated heterocycles. The lowest BCUT2D eigenvalue weighted by Crippen LogP contribution is -2.18. The number of hydrogen-bond acceptors (Lipinski definition) is 3. The molecule has 0 amide bonds. The van der Waals surface area contributed by atoms with Crippen LogP contribution in [0.4, 0.5) is 0 Å². The van der Waals surface area contributed by atoms with Gasteiger partial charge in [-0.1, -0.05) is 6.92 Å². The van der Waals surface area contributed by atoms with E-state index < -0.39 is 0 Å². The summed E-state index contributed by atoms with van der Waals surface area (Å²) in [6.07, 6.45) is 0.554. The van der Waals surface area contributed by atoms with Gasteiger partial charge in [-0.25, -0.2) is 0 Å². The highest BCUT2D eigenvalue weighted by Crippen LogP contribution is 1.89. The summed E-state index contributed by atoms with van der Waals surface area (Å²) in [6.45, 7) is 4.97. The fraction of sp³-hybridized carbons (Fsp3) is 0.750. The zero-order valence-corrected chi connectivity index (χ0v) is 7.14. The molecule has 3 nitrogen and oxygen atoms in total. The van der Waals surface area contributed by atoms with E-state index in [9.17, 15) is 9.59 Å². The van der Waals surface area contributed by atoms with Gasteiger partial charge >= 0.3 is 0 Å². The first-order chi connectivity index (χ1) is 5.16. The van der Waals surface area contributed by atoms with E-state index in [4.69, 9.17) is 0 Å². The van der Waals surface area contributed by atoms with Crippen LogP contribution >= 0.6 is 0 Å². The van der Waals surface area contributed by atoms with E-state index in [-0.39, 0.29) is 18.0 Å². The Hall–Kier alpha value is -0.700. The molecule has 0 unspecified atom stereocenters. The Morgan fingerprint density at radius 1 is 1.36 bits per heavy atom. The lowest BCUT2D eigenvalue weighted by Gasteiger charge is -1.98. The molecule has 0 aromatic carbocycles. The molecule has 0 radical (unpaired) electrons. The predicted octanol–water partition coefficient (Wildman–Crippen LogP) is 0.534. The van der Waals surface area contributed by atoms with Gasteiger partial charge in [-0.05, 0) is 13.5 Å². The predicted molar refractivity (Wildman–Crippen MR) is 43.5 cm³/mol. The van der Waals surface area contributed by atoms with Crippen LogP contribution in [0.5, 0.6) is 0 Å². The first-order valence-electron chi connectivity index (χ1n) is 3.88. The summed E-state index contributed by atoms with van der Waals surface area (Å²) in [6, 6.07) is 0. The molecule has 11 heavy (non-hydrogen) atoms. The van der Waals surface area contributed by atoms with E-state index in [1.54, 1.807) is 0 Å². The number of rotatable bonds is 6. The number of Topliss-reactive ketones (excluding diaryl/α,β-unsaturated/α-hetero) is 2. The lowest BCUT2D eigenvalue weighted by molar-refractivity contribution is -0.125. The Kier molecular flexibility index (Phi) is 5.65. The highest BCUT2D eigenvalue weighted by molar-refractivity contribution is 5.97. The minimum Gasteiger partial charge on any atom is -0.317 e. The Morgan fingerprint density at radius 3 is 2.45 bits per heavy atom. The van der Waals surface area contributed by atoms with Gasteiger partial charge in [-0.3, -0.25) is 9.59 Å². The van der Waals surface area contributed by atoms with Gasteiger partial charge < -0.3 is 5.32 Å². The van der Waals surface area contributed by atoms with Crippen LogP contribution in [0.1, 0.15) is 26.7 Å². The van der Waals surface area contributed by atoms with Gasteiger partial charge in [-0.15, -0.1) is 0 Å². The van der Waals surface area contributed by atoms with Crippen LogP contribution in [0.15, 0.2) is 0 Å². The Labute approximate surface area is 67.2 Å². The molecule has 0 bridgehead atoms. The molecule has 0 spiro atoms. The van der Waals surface area contributed by atoms with Crippen LogP contribution in [0.25, 0.3) is 0 Å². The highest BCUT2D eigenvalue weighted by atomic mass is 16.1. The standard InChI is InChI=1S/C8H15NO2/c1-3-9-5-4-8(11)6-7(2)10/h9H,3-6H2,1-2H3. The van der Waals surface area contributed by atoms with Crippen molar-refractivity contribution in [2.24, 2.45) is 0 Å². The SMILES string of the molecule is CCNCCC(=O)CC(C)=O. The molecule has 1 N–H and O–H groups in total. The fourth-order valence-corrected chi connectivity index (χ4v) is 0.771. The average molecular weight is 157 g/mol. The number of carbonyl (C=O) groups is 2. The molecular weight excluding hydrogens is 142 g/mol. The molecule has 0 aromatic rings. The fourth-order valence-electron chi connectivity index (χ4n) is 0.771. The van der Waals surface area contributed by atoms with E-state index >= 15 is 0 Å². The number of nitrogens with one attached hydrogen (secondary N) is 1. The average Bonchev–Trinajstić information content (AvgIpc) is 1.86. The summed E-state index contributed by atoms with van der Waals surface area (Å²) < 4.78 is 0. The summed E-state index contributed by atoms with van der Waals surface area (Å²) in [5.41, 5.74) is 0. The quantitative estimate of drug-likeness (QED) is 0.452. The Bertz CT molecular complexity index is 143. The second kappa shape index (κ2) is 6.04. The molecule has 0 aliphatic carbocycles. The third-order valence-corrected chi connectivity index (χ3v) is 1.28. The smallest absolute Gasteiger partial charge is 0.141 e. The van der Waals surface area contributed by atoms with Gasteiger partial charge in [0.15, 0.2) is 0 Å². The van der Waals surface area contributed by atoms with Crippen LogP contribution in [0, 0.1) is 0 Å². The zero-order valence-electron chi connectivity index (χ0n) is 7.14. The maximum Gasteiger partial charge on any atom is 0.141 e. The first kappa shape index (κ1) is 10.3. The van der Waals surface area contributed by atoms with Gasteiger partial charge in [0.05, 0.1) is 6.42 Å². The van der Waals surface area contributed by atoms with Crippen LogP contribution in [0.3, 0.4) is 0 Å². The van der Waals surface area contributed by atoms with Crippen LogP contribution in [-0.2, 0) is 9.59 Å². The minimum atomic E-state index is -0.0495. The van der Waals surface area contributed by atoms with E-state index in [2.05, 4.69) is 5.32 Å². The van der Waals surface area contributed by atoms with E-state index in [0.717, 1.165) is 6.54 Å². The normalized spacial score (nSPS) is 9.64. The van der Waals surface area contributed by atoms with Gasteiger partial charge in [0, 0.05) is 13.0 Å². The molecule has 0 rings (SSSR count). The Morgan fingerprint density at radius 2 is 2.00 bits per heavy atom. The summed E-state index contributed by atoms with van der Waals surface area (Å²) >= 11 is 0. The van der Waals surface area contributed by atoms with Crippen LogP contribution in [0.2, 0.25) is 0 Å². The molecular formula is C8H15NO2. The van der Waals surface area contributed by atoms with Crippen molar-refractivity contribution in [3.05, 3.63) is 0 Å². The maximum atomic E-state index is 10.9. The molecule has 3 heteroatoms. The molecule has 0 atom stereocenters. The van der Waals surface area contributed by atoms with E-state index in [1.165, 1.54) is 6.92 Å². The van der Waals surface area contributed by atoms with Crippen molar-refractivity contribution in [1.29, 1.82) is 0 Å². The summed E-state index contributed by atoms with van der Waals surface area (Å²) in [5, 5.41) is 3.02. The van der Waals surface area contributed by atoms with Gasteiger partial charge in [0.2, 0.25) is 0 Å². The minimum absolute atomic E-state index is 0.0263. The van der Waals surface area contributed by atoms with Crippen molar-refractivity contribution in [1.82, 2.24) is 5.32 Å². The summed E-state index contributed by atoms with van der Waals surface area (Å²) in [7, 11) is 0. The van der Waals surface area contributed by atoms with Crippen LogP contribution in [-0.4, -0.2) is 24.7 Å². The van der Waals surface area contributed by atoms with Crippen molar-refractivity contribution >= 4 is 11.6 Å². The largest absolute Gasteiger partial charge is 0.317 e. The monoisotopic (exact) mass is 157 g/mol. The van der Waals surface area contributed by atoms with Crippen molar-refractivity contribution in [3.8, 4) is 0 Å². The third-order valence-electron chi connectivity index (χ3n) is 1.28. The second-order valence-corrected chi connectivity index (χ2v) is 2.52. The maximum absolute atomic E-state index is 10.9. The van der Waals surface area contributed by atoms with Gasteiger partial charge in [0.25, 0.3) is 0 Å². The van der Waals surface area contributed by atoms with Crippen molar-refractivity contribution < 1.29 is 9.59 Å². The molecule has 0 aliphatic rings. The second-order valence-electron chi connectivity index (χ2n) is 2.52. The molecule has 0 fully saturated rings. The molecule has 0 heterocycles. The first-order valence-corrected chi connectivity index (χ1v) is 3.88. The number of ketones is 2. The number of hydrogen-bond donors (Lipinski definition) is 1. The van der Waals surface area contributed by atoms with E-state index in [0.29, 0.717) is 13.0 Å². The highest BCUT2D eigenvalue weighted by Gasteiger charge is 2.03. The van der Waals surface area contributed by atoms with Gasteiger partial charge in [-0.2, -0.15) is 0 Å². The molecule has 0 saturated carbocycles. The van der Waals surface area contributed by atoms with Crippen molar-refractivity contribution in [3.63, 3.8) is 0 Å². The van der Waals surface area contributed by atoms with Crippen molar-refractivity contribution in [2.45, 2.75) is 26.7 Å². The molecule has 0 aliphatic heterocycles. The van der Waals surface area contributed by atoms with Crippen LogP contribution < -0.4 is 5.32 Å². The summed E-state index contributed by atoms with van der Waals surface area (Å²) in [5.74, 6) is -0.0232. The molecule has 64 valence electrons. The lowest BCUT2D eigenvalue weighted by atomic mass is 10.2. The number of carbonyl (C=O) groups excluding carboxylic acids is 2. The zero-order chi connectivity index (χ0) is 8.69. The topological polar surface area (TPSA) is 46.2 Å². The van der Waals surface area contributed by atoms with E-state index in [1.807, 2.05) is 6.92 Å². The third kappa shape index (κ3) is 7.19. The summed E-state index contributed by atoms with van der Waals surface area (Å²) in [4.78, 5) is 21.3. The van der Waals surface area contributed by atoms with Crippen molar-refractivity contribution in [2.75, 3.05) is 13.1 Å². The molecule has 0 aromatic heterocycles.